The van der Waals surface area contributed by atoms with Crippen molar-refractivity contribution in [3.05, 3.63) is 76.4 Å². The average molecular weight is 505 g/mol. The van der Waals surface area contributed by atoms with Crippen molar-refractivity contribution < 1.29 is 19.0 Å². The standard InChI is InChI=1S/C33H41FO3/c34-20-3-1-2-5-24-8-13-29(14-9-24)37-30-15-10-26(11-16-30)33-31(25-18-21-36-22-19-25)7-4-6-27-23-28(35)12-17-32(27)33/h10-12,15-18,23-24,29,35H,1-9,13-14,19-22H2. The number of hydrogen-bond acceptors (Lipinski definition) is 3. The Balaban J connectivity index is 1.31. The molecule has 1 aliphatic heterocycles. The maximum Gasteiger partial charge on any atom is 0.119 e. The van der Waals surface area contributed by atoms with E-state index in [0.717, 1.165) is 69.6 Å². The van der Waals surface area contributed by atoms with Gasteiger partial charge in [-0.2, -0.15) is 0 Å². The lowest BCUT2D eigenvalue weighted by molar-refractivity contribution is 0.127. The van der Waals surface area contributed by atoms with Crippen LogP contribution in [-0.4, -0.2) is 31.1 Å². The molecule has 3 nitrogen and oxygen atoms in total. The molecule has 0 aromatic heterocycles. The third-order valence-corrected chi connectivity index (χ3v) is 8.37. The molecule has 4 heteroatoms. The molecule has 37 heavy (non-hydrogen) atoms. The molecule has 5 rings (SSSR count). The first kappa shape index (κ1) is 26.0. The Morgan fingerprint density at radius 1 is 0.919 bits per heavy atom. The number of phenolic OH excluding ortho intramolecular Hbond substituents is 1. The van der Waals surface area contributed by atoms with Crippen molar-refractivity contribution in [2.75, 3.05) is 19.9 Å². The minimum absolute atomic E-state index is 0.180. The van der Waals surface area contributed by atoms with Gasteiger partial charge in [0, 0.05) is 0 Å². The molecule has 2 aromatic rings. The molecule has 2 aromatic carbocycles. The summed E-state index contributed by atoms with van der Waals surface area (Å²) in [6.45, 7) is 1.28. The summed E-state index contributed by atoms with van der Waals surface area (Å²) in [5.41, 5.74) is 7.78. The second-order valence-corrected chi connectivity index (χ2v) is 10.9. The highest BCUT2D eigenvalue weighted by Crippen LogP contribution is 2.41. The third kappa shape index (κ3) is 6.65. The van der Waals surface area contributed by atoms with E-state index >= 15 is 0 Å². The number of fused-ring (bicyclic) bond motifs is 1. The van der Waals surface area contributed by atoms with E-state index < -0.39 is 0 Å². The minimum atomic E-state index is -0.180. The van der Waals surface area contributed by atoms with E-state index in [1.165, 1.54) is 52.7 Å². The lowest BCUT2D eigenvalue weighted by Crippen LogP contribution is -2.24. The Labute approximate surface area is 221 Å². The highest BCUT2D eigenvalue weighted by atomic mass is 19.1. The average Bonchev–Trinajstić information content (AvgIpc) is 3.12. The van der Waals surface area contributed by atoms with Crippen LogP contribution in [0.15, 0.2) is 59.7 Å². The number of alkyl halides is 1. The van der Waals surface area contributed by atoms with Crippen molar-refractivity contribution in [2.45, 2.75) is 83.2 Å². The predicted molar refractivity (Wildman–Crippen MR) is 148 cm³/mol. The zero-order valence-corrected chi connectivity index (χ0v) is 22.0. The van der Waals surface area contributed by atoms with E-state index in [2.05, 4.69) is 36.4 Å². The second-order valence-electron chi connectivity index (χ2n) is 10.9. The fraction of sp³-hybridized carbons (Fsp3) is 0.515. The number of ether oxygens (including phenoxy) is 2. The van der Waals surface area contributed by atoms with Crippen LogP contribution in [0.3, 0.4) is 0 Å². The van der Waals surface area contributed by atoms with Crippen LogP contribution in [0.4, 0.5) is 4.39 Å². The zero-order chi connectivity index (χ0) is 25.5. The maximum absolute atomic E-state index is 12.3. The number of halogens is 1. The summed E-state index contributed by atoms with van der Waals surface area (Å²) in [7, 11) is 0. The van der Waals surface area contributed by atoms with Gasteiger partial charge in [0.25, 0.3) is 0 Å². The molecule has 2 aliphatic carbocycles. The number of phenols is 1. The van der Waals surface area contributed by atoms with E-state index in [-0.39, 0.29) is 12.8 Å². The first-order valence-corrected chi connectivity index (χ1v) is 14.4. The summed E-state index contributed by atoms with van der Waals surface area (Å²) in [5, 5.41) is 10.2. The number of aryl methyl sites for hydroxylation is 1. The lowest BCUT2D eigenvalue weighted by Gasteiger charge is -2.29. The van der Waals surface area contributed by atoms with Gasteiger partial charge >= 0.3 is 0 Å². The molecule has 0 bridgehead atoms. The summed E-state index contributed by atoms with van der Waals surface area (Å²) in [6.07, 6.45) is 15.4. The van der Waals surface area contributed by atoms with Crippen LogP contribution in [0.2, 0.25) is 0 Å². The highest BCUT2D eigenvalue weighted by Gasteiger charge is 2.24. The van der Waals surface area contributed by atoms with Gasteiger partial charge in [-0.1, -0.05) is 43.5 Å². The molecule has 0 amide bonds. The smallest absolute Gasteiger partial charge is 0.119 e. The van der Waals surface area contributed by atoms with Crippen molar-refractivity contribution >= 4 is 5.57 Å². The molecule has 0 saturated heterocycles. The van der Waals surface area contributed by atoms with Crippen LogP contribution < -0.4 is 4.74 Å². The van der Waals surface area contributed by atoms with E-state index in [1.807, 2.05) is 12.1 Å². The Morgan fingerprint density at radius 3 is 2.51 bits per heavy atom. The molecule has 1 heterocycles. The third-order valence-electron chi connectivity index (χ3n) is 8.37. The van der Waals surface area contributed by atoms with Crippen LogP contribution in [0.25, 0.3) is 5.57 Å². The van der Waals surface area contributed by atoms with E-state index in [1.54, 1.807) is 0 Å². The van der Waals surface area contributed by atoms with Gasteiger partial charge in [0.15, 0.2) is 0 Å². The van der Waals surface area contributed by atoms with Crippen molar-refractivity contribution in [3.63, 3.8) is 0 Å². The van der Waals surface area contributed by atoms with E-state index in [0.29, 0.717) is 18.8 Å². The van der Waals surface area contributed by atoms with Crippen LogP contribution in [0, 0.1) is 5.92 Å². The molecule has 1 saturated carbocycles. The number of aromatic hydroxyl groups is 1. The summed E-state index contributed by atoms with van der Waals surface area (Å²) in [4.78, 5) is 0. The minimum Gasteiger partial charge on any atom is -0.508 e. The molecule has 0 spiro atoms. The van der Waals surface area contributed by atoms with Gasteiger partial charge in [0.05, 0.1) is 26.0 Å². The molecule has 1 N–H and O–H groups in total. The first-order chi connectivity index (χ1) is 18.2. The molecular weight excluding hydrogens is 463 g/mol. The molecule has 0 radical (unpaired) electrons. The van der Waals surface area contributed by atoms with E-state index in [9.17, 15) is 9.50 Å². The summed E-state index contributed by atoms with van der Waals surface area (Å²) in [6, 6.07) is 14.5. The predicted octanol–water partition coefficient (Wildman–Crippen LogP) is 8.34. The topological polar surface area (TPSA) is 38.7 Å². The fourth-order valence-electron chi connectivity index (χ4n) is 6.36. The van der Waals surface area contributed by atoms with Crippen LogP contribution in [0.5, 0.6) is 11.5 Å². The van der Waals surface area contributed by atoms with Crippen LogP contribution >= 0.6 is 0 Å². The Morgan fingerprint density at radius 2 is 1.76 bits per heavy atom. The van der Waals surface area contributed by atoms with Crippen molar-refractivity contribution in [2.24, 2.45) is 5.92 Å². The Hall–Kier alpha value is -2.59. The Kier molecular flexibility index (Phi) is 8.99. The number of benzene rings is 2. The quantitative estimate of drug-likeness (QED) is 0.349. The van der Waals surface area contributed by atoms with Gasteiger partial charge in [0.1, 0.15) is 11.5 Å². The van der Waals surface area contributed by atoms with Gasteiger partial charge in [-0.25, -0.2) is 0 Å². The largest absolute Gasteiger partial charge is 0.508 e. The lowest BCUT2D eigenvalue weighted by atomic mass is 9.84. The van der Waals surface area contributed by atoms with Gasteiger partial charge in [-0.05, 0) is 121 Å². The summed E-state index contributed by atoms with van der Waals surface area (Å²) < 4.78 is 24.3. The number of unbranched alkanes of at least 4 members (excludes halogenated alkanes) is 2. The summed E-state index contributed by atoms with van der Waals surface area (Å²) >= 11 is 0. The van der Waals surface area contributed by atoms with Gasteiger partial charge in [0.2, 0.25) is 0 Å². The number of allylic oxidation sites excluding steroid dienone is 1. The second kappa shape index (κ2) is 12.8. The Bertz CT molecular complexity index is 1090. The van der Waals surface area contributed by atoms with Gasteiger partial charge in [-0.15, -0.1) is 0 Å². The normalized spacial score (nSPS) is 22.2. The molecule has 198 valence electrons. The van der Waals surface area contributed by atoms with Crippen molar-refractivity contribution in [1.29, 1.82) is 0 Å². The van der Waals surface area contributed by atoms with Crippen LogP contribution in [0.1, 0.15) is 87.3 Å². The first-order valence-electron chi connectivity index (χ1n) is 14.4. The molecule has 3 aliphatic rings. The molecular formula is C33H41FO3. The molecule has 1 fully saturated rings. The van der Waals surface area contributed by atoms with Crippen molar-refractivity contribution in [1.82, 2.24) is 0 Å². The maximum atomic E-state index is 12.3. The highest BCUT2D eigenvalue weighted by molar-refractivity contribution is 5.87. The SMILES string of the molecule is Oc1ccc2c(c1)CCCC(C1=CCOCC1)=C2c1ccc(OC2CCC(CCCCCF)CC2)cc1. The molecule has 0 unspecified atom stereocenters. The molecule has 0 atom stereocenters. The van der Waals surface area contributed by atoms with Crippen LogP contribution in [-0.2, 0) is 11.2 Å². The monoisotopic (exact) mass is 504 g/mol. The van der Waals surface area contributed by atoms with Gasteiger partial charge < -0.3 is 14.6 Å². The number of hydrogen-bond donors (Lipinski definition) is 1. The fourth-order valence-corrected chi connectivity index (χ4v) is 6.36. The summed E-state index contributed by atoms with van der Waals surface area (Å²) in [5.74, 6) is 2.06. The number of rotatable bonds is 9. The van der Waals surface area contributed by atoms with Crippen molar-refractivity contribution in [3.8, 4) is 11.5 Å². The van der Waals surface area contributed by atoms with Gasteiger partial charge in [-0.3, -0.25) is 4.39 Å². The zero-order valence-electron chi connectivity index (χ0n) is 22.0. The van der Waals surface area contributed by atoms with E-state index in [4.69, 9.17) is 9.47 Å².